The van der Waals surface area contributed by atoms with Crippen molar-refractivity contribution in [2.75, 3.05) is 6.54 Å². The minimum absolute atomic E-state index is 0.277. The third-order valence-corrected chi connectivity index (χ3v) is 3.82. The summed E-state index contributed by atoms with van der Waals surface area (Å²) in [5.74, 6) is 0.306. The zero-order chi connectivity index (χ0) is 10.8. The molecule has 0 heterocycles. The smallest absolute Gasteiger partial charge is 0.0766 e. The van der Waals surface area contributed by atoms with Gasteiger partial charge in [0.1, 0.15) is 0 Å². The van der Waals surface area contributed by atoms with E-state index in [1.54, 1.807) is 0 Å². The quantitative estimate of drug-likeness (QED) is 0.728. The van der Waals surface area contributed by atoms with Crippen LogP contribution in [0.4, 0.5) is 0 Å². The van der Waals surface area contributed by atoms with Crippen LogP contribution in [0.25, 0.3) is 0 Å². The second-order valence-corrected chi connectivity index (χ2v) is 5.63. The predicted octanol–water partition coefficient (Wildman–Crippen LogP) is 2.32. The van der Waals surface area contributed by atoms with E-state index in [-0.39, 0.29) is 5.54 Å². The van der Waals surface area contributed by atoms with Crippen molar-refractivity contribution >= 4 is 0 Å². The summed E-state index contributed by atoms with van der Waals surface area (Å²) in [5.41, 5.74) is -0.301. The van der Waals surface area contributed by atoms with Gasteiger partial charge in [-0.2, -0.15) is 0 Å². The van der Waals surface area contributed by atoms with E-state index in [2.05, 4.69) is 26.1 Å². The molecule has 2 heteroatoms. The fourth-order valence-electron chi connectivity index (χ4n) is 1.93. The van der Waals surface area contributed by atoms with Gasteiger partial charge in [-0.3, -0.25) is 0 Å². The molecule has 14 heavy (non-hydrogen) atoms. The Kier molecular flexibility index (Phi) is 3.59. The third kappa shape index (κ3) is 2.96. The summed E-state index contributed by atoms with van der Waals surface area (Å²) in [7, 11) is 0. The Bertz CT molecular complexity index is 176. The second-order valence-electron chi connectivity index (χ2n) is 5.63. The van der Waals surface area contributed by atoms with Crippen molar-refractivity contribution in [3.8, 4) is 0 Å². The van der Waals surface area contributed by atoms with Gasteiger partial charge in [0, 0.05) is 12.1 Å². The molecule has 2 nitrogen and oxygen atoms in total. The first-order valence-electron chi connectivity index (χ1n) is 5.83. The van der Waals surface area contributed by atoms with Crippen LogP contribution in [-0.2, 0) is 0 Å². The molecule has 0 aromatic heterocycles. The summed E-state index contributed by atoms with van der Waals surface area (Å²) >= 11 is 0. The number of aliphatic hydroxyl groups is 1. The molecule has 0 aromatic rings. The van der Waals surface area contributed by atoms with Crippen LogP contribution in [0.5, 0.6) is 0 Å². The minimum Gasteiger partial charge on any atom is -0.389 e. The number of nitrogens with one attached hydrogen (secondary N) is 1. The summed E-state index contributed by atoms with van der Waals surface area (Å²) < 4.78 is 0. The van der Waals surface area contributed by atoms with Crippen molar-refractivity contribution in [1.82, 2.24) is 5.32 Å². The monoisotopic (exact) mass is 199 g/mol. The molecule has 1 unspecified atom stereocenters. The zero-order valence-electron chi connectivity index (χ0n) is 10.1. The minimum atomic E-state index is -0.578. The van der Waals surface area contributed by atoms with Gasteiger partial charge in [0.2, 0.25) is 0 Å². The molecule has 0 radical (unpaired) electrons. The number of hydrogen-bond donors (Lipinski definition) is 2. The highest BCUT2D eigenvalue weighted by Gasteiger charge is 2.32. The summed E-state index contributed by atoms with van der Waals surface area (Å²) in [6.45, 7) is 9.04. The molecule has 84 valence electrons. The third-order valence-electron chi connectivity index (χ3n) is 3.82. The van der Waals surface area contributed by atoms with Crippen LogP contribution in [0.15, 0.2) is 0 Å². The van der Waals surface area contributed by atoms with Crippen molar-refractivity contribution in [2.45, 2.75) is 64.5 Å². The fraction of sp³-hybridized carbons (Fsp3) is 1.00. The molecule has 1 rings (SSSR count). The van der Waals surface area contributed by atoms with Crippen LogP contribution in [-0.4, -0.2) is 22.8 Å². The first-order valence-corrected chi connectivity index (χ1v) is 5.83. The van der Waals surface area contributed by atoms with Crippen molar-refractivity contribution in [3.05, 3.63) is 0 Å². The SMILES string of the molecule is CC(C)C(C)(O)CNC1(C)CCCC1. The van der Waals surface area contributed by atoms with Crippen LogP contribution < -0.4 is 5.32 Å². The first kappa shape index (κ1) is 12.0. The maximum Gasteiger partial charge on any atom is 0.0766 e. The first-order chi connectivity index (χ1) is 6.36. The Labute approximate surface area is 88.1 Å². The van der Waals surface area contributed by atoms with Crippen LogP contribution in [0, 0.1) is 5.92 Å². The Morgan fingerprint density at radius 1 is 1.36 bits per heavy atom. The lowest BCUT2D eigenvalue weighted by molar-refractivity contribution is 0.00766. The van der Waals surface area contributed by atoms with Crippen LogP contribution in [0.2, 0.25) is 0 Å². The standard InChI is InChI=1S/C12H25NO/c1-10(2)12(4,14)9-13-11(3)7-5-6-8-11/h10,13-14H,5-9H2,1-4H3. The zero-order valence-corrected chi connectivity index (χ0v) is 10.1. The summed E-state index contributed by atoms with van der Waals surface area (Å²) in [5, 5.41) is 13.6. The van der Waals surface area contributed by atoms with Gasteiger partial charge in [0.15, 0.2) is 0 Å². The molecular weight excluding hydrogens is 174 g/mol. The van der Waals surface area contributed by atoms with E-state index in [9.17, 15) is 5.11 Å². The average Bonchev–Trinajstić information content (AvgIpc) is 2.50. The summed E-state index contributed by atoms with van der Waals surface area (Å²) in [4.78, 5) is 0. The van der Waals surface area contributed by atoms with Crippen molar-refractivity contribution in [1.29, 1.82) is 0 Å². The Hall–Kier alpha value is -0.0800. The van der Waals surface area contributed by atoms with Gasteiger partial charge in [0.05, 0.1) is 5.60 Å². The molecule has 0 spiro atoms. The highest BCUT2D eigenvalue weighted by molar-refractivity contribution is 4.91. The highest BCUT2D eigenvalue weighted by atomic mass is 16.3. The van der Waals surface area contributed by atoms with E-state index >= 15 is 0 Å². The number of β-amino-alcohol motifs (C(OH)–C–C–N with tert-alkyl or cyclic N) is 1. The predicted molar refractivity (Wildman–Crippen MR) is 60.3 cm³/mol. The van der Waals surface area contributed by atoms with E-state index in [4.69, 9.17) is 0 Å². The molecule has 0 amide bonds. The highest BCUT2D eigenvalue weighted by Crippen LogP contribution is 2.29. The Morgan fingerprint density at radius 3 is 2.29 bits per heavy atom. The van der Waals surface area contributed by atoms with E-state index < -0.39 is 5.60 Å². The fourth-order valence-corrected chi connectivity index (χ4v) is 1.93. The van der Waals surface area contributed by atoms with Crippen molar-refractivity contribution in [2.24, 2.45) is 5.92 Å². The number of rotatable bonds is 4. The van der Waals surface area contributed by atoms with E-state index in [0.29, 0.717) is 12.5 Å². The molecule has 1 aliphatic rings. The lowest BCUT2D eigenvalue weighted by Crippen LogP contribution is -2.50. The van der Waals surface area contributed by atoms with Gasteiger partial charge in [-0.05, 0) is 32.6 Å². The molecule has 0 aliphatic heterocycles. The summed E-state index contributed by atoms with van der Waals surface area (Å²) in [6.07, 6.45) is 5.16. The van der Waals surface area contributed by atoms with Gasteiger partial charge in [-0.15, -0.1) is 0 Å². The maximum absolute atomic E-state index is 10.1. The molecule has 2 N–H and O–H groups in total. The van der Waals surface area contributed by atoms with Crippen LogP contribution in [0.3, 0.4) is 0 Å². The van der Waals surface area contributed by atoms with Crippen LogP contribution >= 0.6 is 0 Å². The van der Waals surface area contributed by atoms with E-state index in [0.717, 1.165) is 0 Å². The molecule has 1 fully saturated rings. The Balaban J connectivity index is 2.39. The van der Waals surface area contributed by atoms with E-state index in [1.165, 1.54) is 25.7 Å². The van der Waals surface area contributed by atoms with Gasteiger partial charge in [0.25, 0.3) is 0 Å². The largest absolute Gasteiger partial charge is 0.389 e. The lowest BCUT2D eigenvalue weighted by atomic mass is 9.90. The topological polar surface area (TPSA) is 32.3 Å². The maximum atomic E-state index is 10.1. The lowest BCUT2D eigenvalue weighted by Gasteiger charge is -2.34. The number of hydrogen-bond acceptors (Lipinski definition) is 2. The second kappa shape index (κ2) is 4.19. The molecule has 1 atom stereocenters. The van der Waals surface area contributed by atoms with E-state index in [1.807, 2.05) is 6.92 Å². The molecule has 0 aromatic carbocycles. The average molecular weight is 199 g/mol. The van der Waals surface area contributed by atoms with Gasteiger partial charge < -0.3 is 10.4 Å². The molecule has 1 saturated carbocycles. The normalized spacial score (nSPS) is 25.3. The molecule has 1 aliphatic carbocycles. The molecular formula is C12H25NO. The van der Waals surface area contributed by atoms with Gasteiger partial charge in [-0.25, -0.2) is 0 Å². The van der Waals surface area contributed by atoms with Gasteiger partial charge in [-0.1, -0.05) is 26.7 Å². The Morgan fingerprint density at radius 2 is 1.86 bits per heavy atom. The van der Waals surface area contributed by atoms with Gasteiger partial charge >= 0.3 is 0 Å². The van der Waals surface area contributed by atoms with Crippen molar-refractivity contribution < 1.29 is 5.11 Å². The van der Waals surface area contributed by atoms with Crippen molar-refractivity contribution in [3.63, 3.8) is 0 Å². The summed E-state index contributed by atoms with van der Waals surface area (Å²) in [6, 6.07) is 0. The molecule has 0 saturated heterocycles. The van der Waals surface area contributed by atoms with Crippen LogP contribution in [0.1, 0.15) is 53.4 Å². The molecule has 0 bridgehead atoms.